The van der Waals surface area contributed by atoms with Crippen molar-refractivity contribution in [2.45, 2.75) is 0 Å². The molecule has 0 aliphatic rings. The monoisotopic (exact) mass is 212 g/mol. The van der Waals surface area contributed by atoms with Crippen molar-refractivity contribution in [3.8, 4) is 11.1 Å². The summed E-state index contributed by atoms with van der Waals surface area (Å²) in [5.41, 5.74) is 3.09. The van der Waals surface area contributed by atoms with Crippen LogP contribution in [0.25, 0.3) is 16.6 Å². The Bertz CT molecular complexity index is 626. The Balaban J connectivity index is 2.14. The van der Waals surface area contributed by atoms with Gasteiger partial charge in [0, 0.05) is 6.20 Å². The molecule has 78 valence electrons. The second-order valence-corrected chi connectivity index (χ2v) is 3.65. The Kier molecular flexibility index (Phi) is 1.96. The zero-order valence-electron chi connectivity index (χ0n) is 8.47. The van der Waals surface area contributed by atoms with Crippen molar-refractivity contribution in [3.63, 3.8) is 0 Å². The van der Waals surface area contributed by atoms with Crippen molar-refractivity contribution in [3.05, 3.63) is 60.9 Å². The minimum atomic E-state index is -0.215. The third-order valence-corrected chi connectivity index (χ3v) is 2.59. The normalized spacial score (nSPS) is 10.8. The van der Waals surface area contributed by atoms with Crippen LogP contribution in [0.2, 0.25) is 0 Å². The molecule has 2 heterocycles. The molecule has 3 rings (SSSR count). The molecule has 2 aromatic heterocycles. The number of rotatable bonds is 1. The highest BCUT2D eigenvalue weighted by atomic mass is 19.1. The van der Waals surface area contributed by atoms with Gasteiger partial charge in [0.1, 0.15) is 5.82 Å². The molecule has 0 atom stereocenters. The highest BCUT2D eigenvalue weighted by molar-refractivity contribution is 5.65. The molecule has 3 aromatic rings. The van der Waals surface area contributed by atoms with Gasteiger partial charge in [-0.05, 0) is 29.3 Å². The molecule has 0 aliphatic heterocycles. The third kappa shape index (κ3) is 1.46. The van der Waals surface area contributed by atoms with Crippen LogP contribution in [-0.4, -0.2) is 9.38 Å². The maximum Gasteiger partial charge on any atom is 0.123 e. The number of halogens is 1. The smallest absolute Gasteiger partial charge is 0.123 e. The first-order valence-electron chi connectivity index (χ1n) is 5.00. The van der Waals surface area contributed by atoms with E-state index in [0.717, 1.165) is 16.6 Å². The Labute approximate surface area is 92.0 Å². The first-order valence-corrected chi connectivity index (χ1v) is 5.00. The molecule has 0 unspecified atom stereocenters. The molecule has 0 N–H and O–H groups in total. The minimum absolute atomic E-state index is 0.215. The van der Waals surface area contributed by atoms with Gasteiger partial charge in [0.25, 0.3) is 0 Å². The molecule has 1 aromatic carbocycles. The number of hydrogen-bond donors (Lipinski definition) is 0. The fourth-order valence-corrected chi connectivity index (χ4v) is 1.73. The Hall–Kier alpha value is -2.16. The summed E-state index contributed by atoms with van der Waals surface area (Å²) < 4.78 is 14.7. The summed E-state index contributed by atoms with van der Waals surface area (Å²) in [6, 6.07) is 10.5. The van der Waals surface area contributed by atoms with Gasteiger partial charge in [-0.3, -0.25) is 0 Å². The van der Waals surface area contributed by atoms with Crippen molar-refractivity contribution in [2.24, 2.45) is 0 Å². The summed E-state index contributed by atoms with van der Waals surface area (Å²) in [7, 11) is 0. The van der Waals surface area contributed by atoms with E-state index in [-0.39, 0.29) is 5.82 Å². The van der Waals surface area contributed by atoms with Gasteiger partial charge in [-0.15, -0.1) is 0 Å². The van der Waals surface area contributed by atoms with Crippen LogP contribution in [0.4, 0.5) is 4.39 Å². The number of fused-ring (bicyclic) bond motifs is 1. The lowest BCUT2D eigenvalue weighted by molar-refractivity contribution is 0.628. The highest BCUT2D eigenvalue weighted by Gasteiger charge is 1.99. The first-order chi connectivity index (χ1) is 7.83. The molecule has 0 bridgehead atoms. The second kappa shape index (κ2) is 3.45. The largest absolute Gasteiger partial charge is 0.306 e. The summed E-state index contributed by atoms with van der Waals surface area (Å²) in [6.07, 6.45) is 5.53. The predicted molar refractivity (Wildman–Crippen MR) is 60.6 cm³/mol. The Morgan fingerprint density at radius 3 is 2.50 bits per heavy atom. The molecular weight excluding hydrogens is 203 g/mol. The fraction of sp³-hybridized carbons (Fsp3) is 0. The second-order valence-electron chi connectivity index (χ2n) is 3.65. The van der Waals surface area contributed by atoms with E-state index in [1.807, 2.05) is 22.7 Å². The van der Waals surface area contributed by atoms with Gasteiger partial charge < -0.3 is 4.40 Å². The maximum absolute atomic E-state index is 12.8. The molecule has 0 aliphatic carbocycles. The number of hydrogen-bond acceptors (Lipinski definition) is 1. The SMILES string of the molecule is Fc1ccc(-c2ccc3cncn3c2)cc1. The molecule has 0 radical (unpaired) electrons. The summed E-state index contributed by atoms with van der Waals surface area (Å²) in [5, 5.41) is 0. The van der Waals surface area contributed by atoms with Gasteiger partial charge in [0.15, 0.2) is 0 Å². The van der Waals surface area contributed by atoms with Crippen LogP contribution in [0.5, 0.6) is 0 Å². The van der Waals surface area contributed by atoms with Crippen molar-refractivity contribution >= 4 is 5.52 Å². The van der Waals surface area contributed by atoms with Crippen LogP contribution in [0.15, 0.2) is 55.1 Å². The summed E-state index contributed by atoms with van der Waals surface area (Å²) in [4.78, 5) is 4.05. The van der Waals surface area contributed by atoms with E-state index in [4.69, 9.17) is 0 Å². The molecule has 0 saturated heterocycles. The number of pyridine rings is 1. The van der Waals surface area contributed by atoms with Gasteiger partial charge in [-0.2, -0.15) is 0 Å². The van der Waals surface area contributed by atoms with Gasteiger partial charge in [-0.1, -0.05) is 18.2 Å². The fourth-order valence-electron chi connectivity index (χ4n) is 1.73. The van der Waals surface area contributed by atoms with Crippen LogP contribution in [0.1, 0.15) is 0 Å². The Morgan fingerprint density at radius 1 is 0.938 bits per heavy atom. The van der Waals surface area contributed by atoms with Gasteiger partial charge in [0.05, 0.1) is 18.0 Å². The molecule has 0 fully saturated rings. The molecule has 0 spiro atoms. The molecular formula is C13H9FN2. The predicted octanol–water partition coefficient (Wildman–Crippen LogP) is 3.14. The van der Waals surface area contributed by atoms with Crippen molar-refractivity contribution < 1.29 is 4.39 Å². The summed E-state index contributed by atoms with van der Waals surface area (Å²) >= 11 is 0. The molecule has 0 amide bonds. The van der Waals surface area contributed by atoms with Crippen LogP contribution >= 0.6 is 0 Å². The standard InChI is InChI=1S/C13H9FN2/c14-12-4-1-10(2-5-12)11-3-6-13-7-15-9-16(13)8-11/h1-9H. The Morgan fingerprint density at radius 2 is 1.69 bits per heavy atom. The van der Waals surface area contributed by atoms with E-state index in [1.165, 1.54) is 12.1 Å². The zero-order valence-corrected chi connectivity index (χ0v) is 8.47. The lowest BCUT2D eigenvalue weighted by atomic mass is 10.1. The lowest BCUT2D eigenvalue weighted by Gasteiger charge is -2.02. The maximum atomic E-state index is 12.8. The third-order valence-electron chi connectivity index (χ3n) is 2.59. The number of nitrogens with zero attached hydrogens (tertiary/aromatic N) is 2. The van der Waals surface area contributed by atoms with E-state index >= 15 is 0 Å². The molecule has 2 nitrogen and oxygen atoms in total. The van der Waals surface area contributed by atoms with Gasteiger partial charge in [0.2, 0.25) is 0 Å². The van der Waals surface area contributed by atoms with Crippen molar-refractivity contribution in [1.82, 2.24) is 9.38 Å². The van der Waals surface area contributed by atoms with Crippen LogP contribution in [-0.2, 0) is 0 Å². The number of benzene rings is 1. The minimum Gasteiger partial charge on any atom is -0.306 e. The van der Waals surface area contributed by atoms with Gasteiger partial charge in [-0.25, -0.2) is 9.37 Å². The number of imidazole rings is 1. The van der Waals surface area contributed by atoms with Crippen molar-refractivity contribution in [2.75, 3.05) is 0 Å². The van der Waals surface area contributed by atoms with Crippen LogP contribution in [0, 0.1) is 5.82 Å². The topological polar surface area (TPSA) is 17.3 Å². The van der Waals surface area contributed by atoms with E-state index in [2.05, 4.69) is 4.98 Å². The van der Waals surface area contributed by atoms with E-state index in [0.29, 0.717) is 0 Å². The molecule has 16 heavy (non-hydrogen) atoms. The van der Waals surface area contributed by atoms with E-state index < -0.39 is 0 Å². The number of aromatic nitrogens is 2. The average molecular weight is 212 g/mol. The zero-order chi connectivity index (χ0) is 11.0. The van der Waals surface area contributed by atoms with E-state index in [9.17, 15) is 4.39 Å². The van der Waals surface area contributed by atoms with Gasteiger partial charge >= 0.3 is 0 Å². The first kappa shape index (κ1) is 9.09. The lowest BCUT2D eigenvalue weighted by Crippen LogP contribution is -1.84. The van der Waals surface area contributed by atoms with Crippen molar-refractivity contribution in [1.29, 1.82) is 0 Å². The van der Waals surface area contributed by atoms with Crippen LogP contribution in [0.3, 0.4) is 0 Å². The average Bonchev–Trinajstić information content (AvgIpc) is 2.77. The molecule has 0 saturated carbocycles. The highest BCUT2D eigenvalue weighted by Crippen LogP contribution is 2.20. The quantitative estimate of drug-likeness (QED) is 0.605. The summed E-state index contributed by atoms with van der Waals surface area (Å²) in [5.74, 6) is -0.215. The van der Waals surface area contributed by atoms with Crippen LogP contribution < -0.4 is 0 Å². The van der Waals surface area contributed by atoms with E-state index in [1.54, 1.807) is 24.7 Å². The summed E-state index contributed by atoms with van der Waals surface area (Å²) in [6.45, 7) is 0. The molecule has 3 heteroatoms.